The van der Waals surface area contributed by atoms with Gasteiger partial charge in [0.2, 0.25) is 0 Å². The van der Waals surface area contributed by atoms with Crippen LogP contribution in [0.1, 0.15) is 6.42 Å². The Morgan fingerprint density at radius 3 is 3.05 bits per heavy atom. The van der Waals surface area contributed by atoms with Crippen LogP contribution in [0, 0.1) is 28.3 Å². The van der Waals surface area contributed by atoms with E-state index in [0.717, 1.165) is 6.07 Å². The van der Waals surface area contributed by atoms with Crippen molar-refractivity contribution >= 4 is 22.3 Å². The number of anilines is 1. The highest BCUT2D eigenvalue weighted by molar-refractivity contribution is 5.97. The number of fused-ring (bicyclic) bond motifs is 1. The molecular weight excluding hydrogens is 249 g/mol. The average Bonchev–Trinajstić information content (AvgIpc) is 2.40. The van der Waals surface area contributed by atoms with Crippen molar-refractivity contribution in [1.82, 2.24) is 4.98 Å². The second-order valence-corrected chi connectivity index (χ2v) is 3.79. The lowest BCUT2D eigenvalue weighted by molar-refractivity contribution is -0.383. The lowest BCUT2D eigenvalue weighted by atomic mass is 10.1. The highest BCUT2D eigenvalue weighted by Crippen LogP contribution is 2.32. The maximum absolute atomic E-state index is 13.9. The summed E-state index contributed by atoms with van der Waals surface area (Å²) >= 11 is 0. The zero-order valence-corrected chi connectivity index (χ0v) is 9.89. The third-order valence-corrected chi connectivity index (χ3v) is 2.59. The van der Waals surface area contributed by atoms with Crippen molar-refractivity contribution in [2.75, 3.05) is 11.9 Å². The molecule has 0 spiro atoms. The van der Waals surface area contributed by atoms with Crippen molar-refractivity contribution < 1.29 is 9.31 Å². The smallest absolute Gasteiger partial charge is 0.281 e. The van der Waals surface area contributed by atoms with E-state index in [1.54, 1.807) is 6.07 Å². The fourth-order valence-electron chi connectivity index (χ4n) is 1.77. The fourth-order valence-corrected chi connectivity index (χ4v) is 1.77. The lowest BCUT2D eigenvalue weighted by Crippen LogP contribution is -2.05. The number of benzene rings is 1. The van der Waals surface area contributed by atoms with Crippen LogP contribution in [-0.2, 0) is 0 Å². The molecule has 2 rings (SSSR count). The van der Waals surface area contributed by atoms with Crippen LogP contribution in [0.25, 0.3) is 10.9 Å². The predicted octanol–water partition coefficient (Wildman–Crippen LogP) is 2.72. The van der Waals surface area contributed by atoms with Gasteiger partial charge in [0.1, 0.15) is 5.52 Å². The second-order valence-electron chi connectivity index (χ2n) is 3.79. The molecule has 19 heavy (non-hydrogen) atoms. The van der Waals surface area contributed by atoms with Gasteiger partial charge in [0.05, 0.1) is 22.1 Å². The molecule has 96 valence electrons. The number of hydrogen-bond donors (Lipinski definition) is 1. The third-order valence-electron chi connectivity index (χ3n) is 2.59. The first-order valence-electron chi connectivity index (χ1n) is 5.54. The highest BCUT2D eigenvalue weighted by atomic mass is 19.1. The number of pyridine rings is 1. The van der Waals surface area contributed by atoms with E-state index in [0.29, 0.717) is 13.0 Å². The van der Waals surface area contributed by atoms with E-state index in [2.05, 4.69) is 16.2 Å². The number of rotatable bonds is 4. The van der Waals surface area contributed by atoms with E-state index in [-0.39, 0.29) is 22.3 Å². The summed E-state index contributed by atoms with van der Waals surface area (Å²) in [5.41, 5.74) is 0.0609. The molecule has 1 heterocycles. The van der Waals surface area contributed by atoms with Gasteiger partial charge in [-0.1, -0.05) is 0 Å². The van der Waals surface area contributed by atoms with Crippen LogP contribution in [0.4, 0.5) is 15.8 Å². The summed E-state index contributed by atoms with van der Waals surface area (Å²) in [5.74, 6) is 1.71. The van der Waals surface area contributed by atoms with Crippen LogP contribution >= 0.6 is 0 Å². The number of hydrogen-bond acceptors (Lipinski definition) is 4. The number of nitrogens with zero attached hydrogens (tertiary/aromatic N) is 2. The highest BCUT2D eigenvalue weighted by Gasteiger charge is 2.19. The van der Waals surface area contributed by atoms with Crippen molar-refractivity contribution in [2.45, 2.75) is 6.42 Å². The number of nitrogens with one attached hydrogen (secondary N) is 1. The summed E-state index contributed by atoms with van der Waals surface area (Å²) in [6.45, 7) is 0.372. The molecule has 6 heteroatoms. The largest absolute Gasteiger partial charge is 0.380 e. The van der Waals surface area contributed by atoms with Crippen LogP contribution < -0.4 is 5.32 Å². The molecule has 5 nitrogen and oxygen atoms in total. The van der Waals surface area contributed by atoms with E-state index < -0.39 is 10.7 Å². The molecule has 0 unspecified atom stereocenters. The maximum atomic E-state index is 13.9. The Morgan fingerprint density at radius 1 is 1.58 bits per heavy atom. The second kappa shape index (κ2) is 5.31. The van der Waals surface area contributed by atoms with Gasteiger partial charge in [-0.25, -0.2) is 4.39 Å². The number of aromatic nitrogens is 1. The Hall–Kier alpha value is -2.68. The molecule has 0 aliphatic carbocycles. The molecule has 0 aliphatic rings. The molecule has 1 aromatic heterocycles. The molecule has 1 N–H and O–H groups in total. The van der Waals surface area contributed by atoms with Crippen LogP contribution in [0.5, 0.6) is 0 Å². The SMILES string of the molecule is C#CCCNc1c(F)cc([N+](=O)[O-])c2cccnc12. The molecule has 0 saturated heterocycles. The number of nitro benzene ring substituents is 1. The number of halogens is 1. The van der Waals surface area contributed by atoms with E-state index in [1.807, 2.05) is 0 Å². The first kappa shape index (κ1) is 12.8. The summed E-state index contributed by atoms with van der Waals surface area (Å²) in [6.07, 6.45) is 7.00. The normalized spacial score (nSPS) is 10.1. The molecule has 2 aromatic rings. The van der Waals surface area contributed by atoms with Gasteiger partial charge < -0.3 is 5.32 Å². The van der Waals surface area contributed by atoms with Crippen LogP contribution in [0.15, 0.2) is 24.4 Å². The van der Waals surface area contributed by atoms with Gasteiger partial charge in [-0.2, -0.15) is 0 Å². The van der Waals surface area contributed by atoms with E-state index in [1.165, 1.54) is 12.3 Å². The first-order valence-corrected chi connectivity index (χ1v) is 5.54. The Bertz CT molecular complexity index is 679. The zero-order chi connectivity index (χ0) is 13.8. The number of non-ortho nitro benzene ring substituents is 1. The van der Waals surface area contributed by atoms with E-state index in [4.69, 9.17) is 6.42 Å². The summed E-state index contributed by atoms with van der Waals surface area (Å²) < 4.78 is 13.9. The van der Waals surface area contributed by atoms with Gasteiger partial charge in [-0.3, -0.25) is 15.1 Å². The van der Waals surface area contributed by atoms with Crippen molar-refractivity contribution in [3.63, 3.8) is 0 Å². The number of terminal acetylenes is 1. The first-order chi connectivity index (χ1) is 9.15. The summed E-state index contributed by atoms with van der Waals surface area (Å²) in [7, 11) is 0. The summed E-state index contributed by atoms with van der Waals surface area (Å²) in [6, 6.07) is 3.99. The maximum Gasteiger partial charge on any atom is 0.281 e. The summed E-state index contributed by atoms with van der Waals surface area (Å²) in [5, 5.41) is 14.0. The van der Waals surface area contributed by atoms with Gasteiger partial charge in [0.15, 0.2) is 5.82 Å². The van der Waals surface area contributed by atoms with Gasteiger partial charge in [-0.05, 0) is 12.1 Å². The standard InChI is InChI=1S/C13H10FN3O2/c1-2-3-6-16-13-10(14)8-11(17(18)19)9-5-4-7-15-12(9)13/h1,4-5,7-8,16H,3,6H2. The van der Waals surface area contributed by atoms with Gasteiger partial charge in [-0.15, -0.1) is 12.3 Å². The van der Waals surface area contributed by atoms with Gasteiger partial charge in [0.25, 0.3) is 5.69 Å². The molecular formula is C13H10FN3O2. The van der Waals surface area contributed by atoms with Crippen LogP contribution in [0.3, 0.4) is 0 Å². The van der Waals surface area contributed by atoms with E-state index >= 15 is 0 Å². The van der Waals surface area contributed by atoms with E-state index in [9.17, 15) is 14.5 Å². The molecule has 0 atom stereocenters. The molecule has 0 aliphatic heterocycles. The van der Waals surface area contributed by atoms with Gasteiger partial charge in [0, 0.05) is 19.2 Å². The molecule has 0 bridgehead atoms. The molecule has 1 aromatic carbocycles. The lowest BCUT2D eigenvalue weighted by Gasteiger charge is -2.09. The molecule has 0 fully saturated rings. The minimum Gasteiger partial charge on any atom is -0.380 e. The fraction of sp³-hybridized carbons (Fsp3) is 0.154. The quantitative estimate of drug-likeness (QED) is 0.397. The van der Waals surface area contributed by atoms with Crippen molar-refractivity contribution in [2.24, 2.45) is 0 Å². The monoisotopic (exact) mass is 259 g/mol. The summed E-state index contributed by atoms with van der Waals surface area (Å²) in [4.78, 5) is 14.3. The van der Waals surface area contributed by atoms with Gasteiger partial charge >= 0.3 is 0 Å². The molecule has 0 saturated carbocycles. The molecule has 0 radical (unpaired) electrons. The third kappa shape index (κ3) is 2.45. The minimum atomic E-state index is -0.713. The number of nitro groups is 1. The van der Waals surface area contributed by atoms with Crippen LogP contribution in [-0.4, -0.2) is 16.5 Å². The minimum absolute atomic E-state index is 0.136. The topological polar surface area (TPSA) is 68.1 Å². The predicted molar refractivity (Wildman–Crippen MR) is 70.3 cm³/mol. The average molecular weight is 259 g/mol. The Morgan fingerprint density at radius 2 is 2.37 bits per heavy atom. The Kier molecular flexibility index (Phi) is 3.57. The molecule has 0 amide bonds. The van der Waals surface area contributed by atoms with Crippen LogP contribution in [0.2, 0.25) is 0 Å². The Balaban J connectivity index is 2.59. The van der Waals surface area contributed by atoms with Crippen molar-refractivity contribution in [3.05, 3.63) is 40.3 Å². The van der Waals surface area contributed by atoms with Crippen molar-refractivity contribution in [3.8, 4) is 12.3 Å². The zero-order valence-electron chi connectivity index (χ0n) is 9.89. The van der Waals surface area contributed by atoms with Crippen molar-refractivity contribution in [1.29, 1.82) is 0 Å². The Labute approximate surface area is 108 Å².